The van der Waals surface area contributed by atoms with Crippen LogP contribution >= 0.6 is 11.3 Å². The summed E-state index contributed by atoms with van der Waals surface area (Å²) in [6, 6.07) is 2.12. The monoisotopic (exact) mass is 244 g/mol. The lowest BCUT2D eigenvalue weighted by Gasteiger charge is -2.12. The fraction of sp³-hybridized carbons (Fsp3) is 0.357. The Kier molecular flexibility index (Phi) is 2.85. The average molecular weight is 244 g/mol. The van der Waals surface area contributed by atoms with Crippen molar-refractivity contribution in [2.24, 2.45) is 0 Å². The molecule has 1 aliphatic rings. The van der Waals surface area contributed by atoms with E-state index in [2.05, 4.69) is 33.1 Å². The number of H-pyrrole nitrogens is 1. The Hall–Kier alpha value is -1.35. The molecule has 17 heavy (non-hydrogen) atoms. The summed E-state index contributed by atoms with van der Waals surface area (Å²) in [5.74, 6) is 0. The zero-order chi connectivity index (χ0) is 11.7. The average Bonchev–Trinajstić information content (AvgIpc) is 2.98. The zero-order valence-corrected chi connectivity index (χ0v) is 10.8. The summed E-state index contributed by atoms with van der Waals surface area (Å²) in [6.45, 7) is 2.04. The van der Waals surface area contributed by atoms with Gasteiger partial charge in [-0.25, -0.2) is 0 Å². The van der Waals surface area contributed by atoms with E-state index in [1.54, 1.807) is 11.3 Å². The predicted molar refractivity (Wildman–Crippen MR) is 73.1 cm³/mol. The van der Waals surface area contributed by atoms with E-state index >= 15 is 0 Å². The van der Waals surface area contributed by atoms with Gasteiger partial charge in [0, 0.05) is 16.6 Å². The number of hydrogen-bond donors (Lipinski definition) is 1. The molecule has 1 aliphatic carbocycles. The van der Waals surface area contributed by atoms with Crippen molar-refractivity contribution in [1.29, 1.82) is 0 Å². The van der Waals surface area contributed by atoms with Gasteiger partial charge in [-0.2, -0.15) is 16.4 Å². The topological polar surface area (TPSA) is 28.7 Å². The summed E-state index contributed by atoms with van der Waals surface area (Å²) in [6.07, 6.45) is 7.50. The highest BCUT2D eigenvalue weighted by atomic mass is 32.1. The number of nitrogens with zero attached hydrogens (tertiary/aromatic N) is 1. The van der Waals surface area contributed by atoms with Crippen LogP contribution in [0, 0.1) is 6.92 Å². The molecule has 0 aliphatic heterocycles. The van der Waals surface area contributed by atoms with Crippen LogP contribution in [0.2, 0.25) is 0 Å². The van der Waals surface area contributed by atoms with E-state index < -0.39 is 0 Å². The van der Waals surface area contributed by atoms with E-state index in [0.717, 1.165) is 11.4 Å². The highest BCUT2D eigenvalue weighted by Gasteiger charge is 2.14. The smallest absolute Gasteiger partial charge is 0.0937 e. The summed E-state index contributed by atoms with van der Waals surface area (Å²) in [7, 11) is 0. The third-order valence-corrected chi connectivity index (χ3v) is 4.02. The van der Waals surface area contributed by atoms with E-state index in [9.17, 15) is 0 Å². The van der Waals surface area contributed by atoms with Crippen molar-refractivity contribution in [3.05, 3.63) is 34.2 Å². The van der Waals surface area contributed by atoms with E-state index in [1.807, 2.05) is 6.92 Å². The van der Waals surface area contributed by atoms with E-state index in [4.69, 9.17) is 0 Å². The Balaban J connectivity index is 2.02. The highest BCUT2D eigenvalue weighted by molar-refractivity contribution is 7.08. The number of aromatic amines is 1. The van der Waals surface area contributed by atoms with Gasteiger partial charge < -0.3 is 0 Å². The summed E-state index contributed by atoms with van der Waals surface area (Å²) >= 11 is 1.77. The summed E-state index contributed by atoms with van der Waals surface area (Å²) < 4.78 is 0. The Bertz CT molecular complexity index is 548. The molecule has 0 saturated heterocycles. The summed E-state index contributed by atoms with van der Waals surface area (Å²) in [5, 5.41) is 11.9. The van der Waals surface area contributed by atoms with Crippen LogP contribution in [-0.2, 0) is 0 Å². The number of allylic oxidation sites excluding steroid dienone is 2. The van der Waals surface area contributed by atoms with Crippen LogP contribution in [0.4, 0.5) is 0 Å². The SMILES string of the molecule is Cc1cc(-c2cscc2C2=CCCCC2)n[nH]1. The molecule has 0 amide bonds. The van der Waals surface area contributed by atoms with Crippen LogP contribution in [-0.4, -0.2) is 10.2 Å². The molecule has 2 aromatic rings. The second-order valence-electron chi connectivity index (χ2n) is 4.61. The first-order chi connectivity index (χ1) is 8.34. The largest absolute Gasteiger partial charge is 0.282 e. The van der Waals surface area contributed by atoms with Gasteiger partial charge in [0.1, 0.15) is 0 Å². The molecule has 0 saturated carbocycles. The van der Waals surface area contributed by atoms with Crippen molar-refractivity contribution >= 4 is 16.9 Å². The normalized spacial score (nSPS) is 15.9. The Morgan fingerprint density at radius 3 is 2.82 bits per heavy atom. The molecule has 0 aromatic carbocycles. The Morgan fingerprint density at radius 1 is 1.24 bits per heavy atom. The molecular weight excluding hydrogens is 228 g/mol. The minimum atomic E-state index is 1.07. The molecule has 88 valence electrons. The molecule has 1 N–H and O–H groups in total. The number of rotatable bonds is 2. The minimum absolute atomic E-state index is 1.07. The maximum atomic E-state index is 4.37. The standard InChI is InChI=1S/C14H16N2S/c1-10-7-14(16-15-10)13-9-17-8-12(13)11-5-3-2-4-6-11/h5,7-9H,2-4,6H2,1H3,(H,15,16). The molecule has 0 fully saturated rings. The quantitative estimate of drug-likeness (QED) is 0.833. The Labute approximate surface area is 105 Å². The summed E-state index contributed by atoms with van der Waals surface area (Å²) in [5.41, 5.74) is 6.38. The lowest BCUT2D eigenvalue weighted by atomic mass is 9.92. The zero-order valence-electron chi connectivity index (χ0n) is 9.99. The third-order valence-electron chi connectivity index (χ3n) is 3.28. The Morgan fingerprint density at radius 2 is 2.12 bits per heavy atom. The van der Waals surface area contributed by atoms with Crippen molar-refractivity contribution in [2.75, 3.05) is 0 Å². The lowest BCUT2D eigenvalue weighted by molar-refractivity contribution is 0.742. The van der Waals surface area contributed by atoms with Crippen LogP contribution in [0.15, 0.2) is 22.9 Å². The third kappa shape index (κ3) is 2.07. The maximum Gasteiger partial charge on any atom is 0.0937 e. The molecule has 0 radical (unpaired) electrons. The van der Waals surface area contributed by atoms with Crippen molar-refractivity contribution in [1.82, 2.24) is 10.2 Å². The van der Waals surface area contributed by atoms with Gasteiger partial charge in [-0.15, -0.1) is 0 Å². The fourth-order valence-electron chi connectivity index (χ4n) is 2.38. The van der Waals surface area contributed by atoms with Gasteiger partial charge in [0.25, 0.3) is 0 Å². The second-order valence-corrected chi connectivity index (χ2v) is 5.35. The highest BCUT2D eigenvalue weighted by Crippen LogP contribution is 2.35. The first kappa shape index (κ1) is 10.8. The molecule has 3 heteroatoms. The molecule has 0 atom stereocenters. The molecule has 0 unspecified atom stereocenters. The van der Waals surface area contributed by atoms with E-state index in [-0.39, 0.29) is 0 Å². The van der Waals surface area contributed by atoms with Gasteiger partial charge in [0.2, 0.25) is 0 Å². The van der Waals surface area contributed by atoms with Gasteiger partial charge in [0.05, 0.1) is 5.69 Å². The van der Waals surface area contributed by atoms with Gasteiger partial charge in [0.15, 0.2) is 0 Å². The number of thiophene rings is 1. The first-order valence-electron chi connectivity index (χ1n) is 6.12. The van der Waals surface area contributed by atoms with Gasteiger partial charge in [-0.1, -0.05) is 6.08 Å². The molecule has 0 spiro atoms. The van der Waals surface area contributed by atoms with Crippen LogP contribution in [0.1, 0.15) is 36.9 Å². The number of nitrogens with one attached hydrogen (secondary N) is 1. The van der Waals surface area contributed by atoms with E-state index in [1.165, 1.54) is 42.4 Å². The van der Waals surface area contributed by atoms with Crippen molar-refractivity contribution in [3.8, 4) is 11.3 Å². The van der Waals surface area contributed by atoms with Crippen molar-refractivity contribution in [2.45, 2.75) is 32.6 Å². The summed E-state index contributed by atoms with van der Waals surface area (Å²) in [4.78, 5) is 0. The van der Waals surface area contributed by atoms with Crippen LogP contribution in [0.3, 0.4) is 0 Å². The molecule has 2 aromatic heterocycles. The van der Waals surface area contributed by atoms with Crippen molar-refractivity contribution in [3.63, 3.8) is 0 Å². The minimum Gasteiger partial charge on any atom is -0.282 e. The van der Waals surface area contributed by atoms with Crippen LogP contribution in [0.5, 0.6) is 0 Å². The van der Waals surface area contributed by atoms with Crippen LogP contribution < -0.4 is 0 Å². The van der Waals surface area contributed by atoms with E-state index in [0.29, 0.717) is 0 Å². The maximum absolute atomic E-state index is 4.37. The van der Waals surface area contributed by atoms with Gasteiger partial charge >= 0.3 is 0 Å². The molecule has 3 rings (SSSR count). The lowest BCUT2D eigenvalue weighted by Crippen LogP contribution is -1.92. The fourth-order valence-corrected chi connectivity index (χ4v) is 3.25. The number of aromatic nitrogens is 2. The van der Waals surface area contributed by atoms with Crippen molar-refractivity contribution < 1.29 is 0 Å². The van der Waals surface area contributed by atoms with Gasteiger partial charge in [-0.05, 0) is 55.2 Å². The molecule has 2 nitrogen and oxygen atoms in total. The molecular formula is C14H16N2S. The number of aryl methyl sites for hydroxylation is 1. The first-order valence-corrected chi connectivity index (χ1v) is 7.07. The predicted octanol–water partition coefficient (Wildman–Crippen LogP) is 4.40. The molecule has 0 bridgehead atoms. The molecule has 2 heterocycles. The number of hydrogen-bond acceptors (Lipinski definition) is 2. The van der Waals surface area contributed by atoms with Crippen LogP contribution in [0.25, 0.3) is 16.8 Å². The van der Waals surface area contributed by atoms with Gasteiger partial charge in [-0.3, -0.25) is 5.10 Å². The second kappa shape index (κ2) is 4.49.